The van der Waals surface area contributed by atoms with Gasteiger partial charge in [-0.1, -0.05) is 72.8 Å². The molecule has 0 aromatic heterocycles. The van der Waals surface area contributed by atoms with Crippen molar-refractivity contribution in [2.24, 2.45) is 0 Å². The highest BCUT2D eigenvalue weighted by atomic mass is 79.9. The molecular weight excluding hydrogens is 416 g/mol. The quantitative estimate of drug-likeness (QED) is 0.192. The first-order valence-corrected chi connectivity index (χ1v) is 11.6. The summed E-state index contributed by atoms with van der Waals surface area (Å²) in [6.45, 7) is 2.92. The molecular formula is C24H33BrO3. The van der Waals surface area contributed by atoms with Gasteiger partial charge in [0.25, 0.3) is 0 Å². The van der Waals surface area contributed by atoms with Gasteiger partial charge in [-0.25, -0.2) is 0 Å². The number of aliphatic hydroxyl groups excluding tert-OH is 1. The molecule has 0 spiro atoms. The van der Waals surface area contributed by atoms with Crippen LogP contribution in [0.5, 0.6) is 11.5 Å². The molecule has 0 bridgehead atoms. The van der Waals surface area contributed by atoms with Gasteiger partial charge in [0.2, 0.25) is 0 Å². The van der Waals surface area contributed by atoms with Gasteiger partial charge in [-0.05, 0) is 54.7 Å². The number of ether oxygens (including phenoxy) is 2. The van der Waals surface area contributed by atoms with Gasteiger partial charge in [0, 0.05) is 11.8 Å². The summed E-state index contributed by atoms with van der Waals surface area (Å²) in [6.07, 6.45) is 7.99. The minimum Gasteiger partial charge on any atom is -0.494 e. The molecule has 3 nitrogen and oxygen atoms in total. The number of benzene rings is 2. The molecule has 4 heteroatoms. The van der Waals surface area contributed by atoms with Crippen molar-refractivity contribution in [1.82, 2.24) is 0 Å². The van der Waals surface area contributed by atoms with E-state index in [2.05, 4.69) is 35.0 Å². The monoisotopic (exact) mass is 448 g/mol. The third kappa shape index (κ3) is 8.66. The highest BCUT2D eigenvalue weighted by Gasteiger charge is 2.06. The van der Waals surface area contributed by atoms with Gasteiger partial charge in [0.15, 0.2) is 6.29 Å². The standard InChI is InChI=1S/C24H33BrO3/c1-2-3-6-9-24(26)28-23-16-12-21(13-17-23)20-10-14-22(15-11-20)27-19-8-5-4-7-18-25/h10-17,24,26H,2-9,18-19H2,1H3. The van der Waals surface area contributed by atoms with Crippen molar-refractivity contribution in [3.8, 4) is 22.6 Å². The molecule has 0 aliphatic heterocycles. The summed E-state index contributed by atoms with van der Waals surface area (Å²) in [4.78, 5) is 0. The molecule has 2 aromatic rings. The Balaban J connectivity index is 1.78. The predicted octanol–water partition coefficient (Wildman–Crippen LogP) is 6.97. The third-order valence-electron chi connectivity index (χ3n) is 4.67. The average Bonchev–Trinajstić information content (AvgIpc) is 2.72. The zero-order valence-electron chi connectivity index (χ0n) is 16.9. The van der Waals surface area contributed by atoms with Crippen LogP contribution in [0.3, 0.4) is 0 Å². The first-order valence-electron chi connectivity index (χ1n) is 10.5. The van der Waals surface area contributed by atoms with Gasteiger partial charge < -0.3 is 14.6 Å². The number of hydrogen-bond donors (Lipinski definition) is 1. The zero-order chi connectivity index (χ0) is 20.0. The third-order valence-corrected chi connectivity index (χ3v) is 5.23. The molecule has 0 heterocycles. The fraction of sp³-hybridized carbons (Fsp3) is 0.500. The molecule has 1 unspecified atom stereocenters. The highest BCUT2D eigenvalue weighted by Crippen LogP contribution is 2.25. The highest BCUT2D eigenvalue weighted by molar-refractivity contribution is 9.09. The van der Waals surface area contributed by atoms with Crippen LogP contribution in [0.2, 0.25) is 0 Å². The molecule has 1 N–H and O–H groups in total. The van der Waals surface area contributed by atoms with Crippen LogP contribution >= 0.6 is 15.9 Å². The van der Waals surface area contributed by atoms with Crippen LogP contribution < -0.4 is 9.47 Å². The molecule has 0 radical (unpaired) electrons. The number of halogens is 1. The van der Waals surface area contributed by atoms with Crippen LogP contribution in [0.25, 0.3) is 11.1 Å². The largest absolute Gasteiger partial charge is 0.494 e. The Morgan fingerprint density at radius 3 is 2.00 bits per heavy atom. The zero-order valence-corrected chi connectivity index (χ0v) is 18.5. The van der Waals surface area contributed by atoms with Crippen LogP contribution in [0.4, 0.5) is 0 Å². The fourth-order valence-corrected chi connectivity index (χ4v) is 3.39. The van der Waals surface area contributed by atoms with Crippen molar-refractivity contribution in [2.75, 3.05) is 11.9 Å². The van der Waals surface area contributed by atoms with Crippen molar-refractivity contribution in [3.05, 3.63) is 48.5 Å². The summed E-state index contributed by atoms with van der Waals surface area (Å²) in [5, 5.41) is 11.0. The number of alkyl halides is 1. The van der Waals surface area contributed by atoms with E-state index >= 15 is 0 Å². The lowest BCUT2D eigenvalue weighted by molar-refractivity contribution is -0.0245. The Hall–Kier alpha value is -1.52. The Labute approximate surface area is 178 Å². The predicted molar refractivity (Wildman–Crippen MR) is 120 cm³/mol. The van der Waals surface area contributed by atoms with E-state index in [4.69, 9.17) is 9.47 Å². The summed E-state index contributed by atoms with van der Waals surface area (Å²) < 4.78 is 11.4. The van der Waals surface area contributed by atoms with E-state index in [0.717, 1.165) is 54.5 Å². The fourth-order valence-electron chi connectivity index (χ4n) is 2.99. The molecule has 2 rings (SSSR count). The molecule has 154 valence electrons. The van der Waals surface area contributed by atoms with Crippen LogP contribution in [-0.2, 0) is 0 Å². The first kappa shape index (κ1) is 22.8. The van der Waals surface area contributed by atoms with Gasteiger partial charge in [-0.2, -0.15) is 0 Å². The van der Waals surface area contributed by atoms with E-state index in [1.807, 2.05) is 36.4 Å². The maximum Gasteiger partial charge on any atom is 0.197 e. The van der Waals surface area contributed by atoms with Gasteiger partial charge in [-0.15, -0.1) is 0 Å². The molecule has 0 aliphatic carbocycles. The Kier molecular flexibility index (Phi) is 11.1. The lowest BCUT2D eigenvalue weighted by Gasteiger charge is -2.13. The van der Waals surface area contributed by atoms with E-state index in [1.54, 1.807) is 0 Å². The second-order valence-electron chi connectivity index (χ2n) is 7.07. The van der Waals surface area contributed by atoms with E-state index in [1.165, 1.54) is 19.3 Å². The lowest BCUT2D eigenvalue weighted by Crippen LogP contribution is -2.15. The molecule has 1 atom stereocenters. The maximum atomic E-state index is 9.94. The summed E-state index contributed by atoms with van der Waals surface area (Å²) >= 11 is 3.46. The van der Waals surface area contributed by atoms with E-state index < -0.39 is 6.29 Å². The number of unbranched alkanes of at least 4 members (excludes halogenated alkanes) is 5. The van der Waals surface area contributed by atoms with E-state index in [9.17, 15) is 5.11 Å². The SMILES string of the molecule is CCCCCC(O)Oc1ccc(-c2ccc(OCCCCCCBr)cc2)cc1. The van der Waals surface area contributed by atoms with Gasteiger partial charge in [0.1, 0.15) is 11.5 Å². The minimum absolute atomic E-state index is 0.674. The summed E-state index contributed by atoms with van der Waals surface area (Å²) in [5.41, 5.74) is 2.26. The topological polar surface area (TPSA) is 38.7 Å². The second kappa shape index (κ2) is 13.6. The molecule has 2 aromatic carbocycles. The van der Waals surface area contributed by atoms with Gasteiger partial charge >= 0.3 is 0 Å². The van der Waals surface area contributed by atoms with Crippen molar-refractivity contribution >= 4 is 15.9 Å². The van der Waals surface area contributed by atoms with Crippen LogP contribution in [0.15, 0.2) is 48.5 Å². The first-order chi connectivity index (χ1) is 13.7. The summed E-state index contributed by atoms with van der Waals surface area (Å²) in [7, 11) is 0. The van der Waals surface area contributed by atoms with Gasteiger partial charge in [-0.3, -0.25) is 0 Å². The molecule has 28 heavy (non-hydrogen) atoms. The maximum absolute atomic E-state index is 9.94. The minimum atomic E-state index is -0.728. The van der Waals surface area contributed by atoms with Crippen LogP contribution in [0.1, 0.15) is 58.3 Å². The van der Waals surface area contributed by atoms with Crippen LogP contribution in [-0.4, -0.2) is 23.3 Å². The molecule has 0 aliphatic rings. The van der Waals surface area contributed by atoms with Crippen LogP contribution in [0, 0.1) is 0 Å². The van der Waals surface area contributed by atoms with Crippen molar-refractivity contribution in [3.63, 3.8) is 0 Å². The normalized spacial score (nSPS) is 12.0. The van der Waals surface area contributed by atoms with Gasteiger partial charge in [0.05, 0.1) is 6.61 Å². The summed E-state index contributed by atoms with van der Waals surface area (Å²) in [6, 6.07) is 16.1. The molecule has 0 saturated heterocycles. The van der Waals surface area contributed by atoms with Crippen molar-refractivity contribution < 1.29 is 14.6 Å². The van der Waals surface area contributed by atoms with E-state index in [-0.39, 0.29) is 0 Å². The van der Waals surface area contributed by atoms with Crippen molar-refractivity contribution in [2.45, 2.75) is 64.6 Å². The summed E-state index contributed by atoms with van der Waals surface area (Å²) in [5.74, 6) is 1.62. The molecule has 0 amide bonds. The molecule has 0 saturated carbocycles. The van der Waals surface area contributed by atoms with E-state index in [0.29, 0.717) is 12.2 Å². The number of rotatable bonds is 14. The lowest BCUT2D eigenvalue weighted by atomic mass is 10.1. The average molecular weight is 449 g/mol. The Morgan fingerprint density at radius 1 is 0.786 bits per heavy atom. The Morgan fingerprint density at radius 2 is 1.39 bits per heavy atom. The molecule has 0 fully saturated rings. The Bertz CT molecular complexity index is 640. The second-order valence-corrected chi connectivity index (χ2v) is 7.86. The van der Waals surface area contributed by atoms with Crippen molar-refractivity contribution in [1.29, 1.82) is 0 Å². The number of hydrogen-bond acceptors (Lipinski definition) is 3. The number of aliphatic hydroxyl groups is 1. The smallest absolute Gasteiger partial charge is 0.197 e.